The first-order valence-electron chi connectivity index (χ1n) is 5.16. The molecule has 0 aliphatic carbocycles. The lowest BCUT2D eigenvalue weighted by atomic mass is 9.80. The summed E-state index contributed by atoms with van der Waals surface area (Å²) >= 11 is 0. The molecule has 0 spiro atoms. The Kier molecular flexibility index (Phi) is 4.46. The number of hydrogen-bond donors (Lipinski definition) is 4. The first-order chi connectivity index (χ1) is 7.19. The molecule has 0 radical (unpaired) electrons. The Morgan fingerprint density at radius 1 is 1.07 bits per heavy atom. The van der Waals surface area contributed by atoms with E-state index in [0.29, 0.717) is 5.46 Å². The number of hydrogen-bond acceptors (Lipinski definition) is 4. The molecule has 0 amide bonds. The molecular formula is C10H17BN2O2. The van der Waals surface area contributed by atoms with Gasteiger partial charge in [0.2, 0.25) is 0 Å². The van der Waals surface area contributed by atoms with Gasteiger partial charge in [-0.2, -0.15) is 0 Å². The molecule has 0 aromatic heterocycles. The van der Waals surface area contributed by atoms with Gasteiger partial charge in [0.05, 0.1) is 11.4 Å². The maximum absolute atomic E-state index is 9.04. The van der Waals surface area contributed by atoms with Crippen LogP contribution in [0.5, 0.6) is 0 Å². The van der Waals surface area contributed by atoms with Crippen LogP contribution < -0.4 is 16.1 Å². The van der Waals surface area contributed by atoms with E-state index in [2.05, 4.69) is 10.6 Å². The fourth-order valence-corrected chi connectivity index (χ4v) is 1.40. The molecule has 4 N–H and O–H groups in total. The maximum Gasteiger partial charge on any atom is 0.488 e. The van der Waals surface area contributed by atoms with Crippen LogP contribution in [0, 0.1) is 0 Å². The molecule has 1 aromatic carbocycles. The highest BCUT2D eigenvalue weighted by molar-refractivity contribution is 6.58. The highest BCUT2D eigenvalue weighted by Crippen LogP contribution is 2.19. The summed E-state index contributed by atoms with van der Waals surface area (Å²) in [5.41, 5.74) is 2.36. The molecule has 0 aliphatic rings. The fourth-order valence-electron chi connectivity index (χ4n) is 1.40. The smallest absolute Gasteiger partial charge is 0.423 e. The normalized spacial score (nSPS) is 9.87. The van der Waals surface area contributed by atoms with Gasteiger partial charge in [-0.05, 0) is 31.4 Å². The minimum Gasteiger partial charge on any atom is -0.423 e. The van der Waals surface area contributed by atoms with E-state index < -0.39 is 7.12 Å². The van der Waals surface area contributed by atoms with Gasteiger partial charge < -0.3 is 20.7 Å². The van der Waals surface area contributed by atoms with Crippen molar-refractivity contribution in [1.29, 1.82) is 0 Å². The second-order valence-electron chi connectivity index (χ2n) is 3.24. The second-order valence-corrected chi connectivity index (χ2v) is 3.24. The van der Waals surface area contributed by atoms with Crippen LogP contribution in [-0.2, 0) is 0 Å². The van der Waals surface area contributed by atoms with Crippen molar-refractivity contribution in [2.75, 3.05) is 23.7 Å². The summed E-state index contributed by atoms with van der Waals surface area (Å²) in [7, 11) is -1.42. The van der Waals surface area contributed by atoms with Gasteiger partial charge in [-0.25, -0.2) is 0 Å². The third-order valence-corrected chi connectivity index (χ3v) is 2.08. The van der Waals surface area contributed by atoms with Crippen molar-refractivity contribution in [3.8, 4) is 0 Å². The molecule has 0 heterocycles. The Morgan fingerprint density at radius 3 is 2.20 bits per heavy atom. The van der Waals surface area contributed by atoms with Crippen molar-refractivity contribution >= 4 is 24.0 Å². The molecule has 1 aromatic rings. The number of anilines is 2. The summed E-state index contributed by atoms with van der Waals surface area (Å²) in [6, 6.07) is 5.28. The third-order valence-electron chi connectivity index (χ3n) is 2.08. The summed E-state index contributed by atoms with van der Waals surface area (Å²) in [6.45, 7) is 5.64. The van der Waals surface area contributed by atoms with Crippen LogP contribution in [0.3, 0.4) is 0 Å². The van der Waals surface area contributed by atoms with Crippen LogP contribution in [0.4, 0.5) is 11.4 Å². The monoisotopic (exact) mass is 208 g/mol. The molecule has 0 saturated carbocycles. The van der Waals surface area contributed by atoms with Gasteiger partial charge in [-0.1, -0.05) is 6.07 Å². The van der Waals surface area contributed by atoms with Gasteiger partial charge in [-0.15, -0.1) is 0 Å². The first-order valence-corrected chi connectivity index (χ1v) is 5.16. The Balaban J connectivity index is 2.97. The van der Waals surface area contributed by atoms with Crippen molar-refractivity contribution in [2.24, 2.45) is 0 Å². The summed E-state index contributed by atoms with van der Waals surface area (Å²) < 4.78 is 0. The standard InChI is InChI=1S/C10H17BN2O2/c1-3-12-9-6-5-8(11(14)15)7-10(9)13-4-2/h5-7,12-15H,3-4H2,1-2H3. The van der Waals surface area contributed by atoms with Crippen molar-refractivity contribution in [3.05, 3.63) is 18.2 Å². The molecule has 0 aliphatic heterocycles. The summed E-state index contributed by atoms with van der Waals surface area (Å²) in [5, 5.41) is 24.5. The largest absolute Gasteiger partial charge is 0.488 e. The molecule has 1 rings (SSSR count). The minimum atomic E-state index is -1.42. The van der Waals surface area contributed by atoms with E-state index >= 15 is 0 Å². The van der Waals surface area contributed by atoms with Gasteiger partial charge in [0, 0.05) is 13.1 Å². The number of benzene rings is 1. The zero-order chi connectivity index (χ0) is 11.3. The van der Waals surface area contributed by atoms with E-state index in [4.69, 9.17) is 10.0 Å². The zero-order valence-corrected chi connectivity index (χ0v) is 9.12. The van der Waals surface area contributed by atoms with Crippen molar-refractivity contribution in [2.45, 2.75) is 13.8 Å². The van der Waals surface area contributed by atoms with Crippen LogP contribution in [0.25, 0.3) is 0 Å². The van der Waals surface area contributed by atoms with E-state index in [-0.39, 0.29) is 0 Å². The lowest BCUT2D eigenvalue weighted by molar-refractivity contribution is 0.426. The van der Waals surface area contributed by atoms with Crippen molar-refractivity contribution in [3.63, 3.8) is 0 Å². The Morgan fingerprint density at radius 2 is 1.67 bits per heavy atom. The summed E-state index contributed by atoms with van der Waals surface area (Å²) in [4.78, 5) is 0. The highest BCUT2D eigenvalue weighted by Gasteiger charge is 2.12. The Bertz CT molecular complexity index is 318. The SMILES string of the molecule is CCNc1ccc(B(O)O)cc1NCC. The third kappa shape index (κ3) is 3.14. The van der Waals surface area contributed by atoms with Crippen molar-refractivity contribution in [1.82, 2.24) is 0 Å². The maximum atomic E-state index is 9.04. The molecule has 0 unspecified atom stereocenters. The predicted octanol–water partition coefficient (Wildman–Crippen LogP) is 0.230. The van der Waals surface area contributed by atoms with E-state index in [0.717, 1.165) is 24.5 Å². The fraction of sp³-hybridized carbons (Fsp3) is 0.400. The minimum absolute atomic E-state index is 0.493. The average Bonchev–Trinajstić information content (AvgIpc) is 2.21. The molecule has 5 heteroatoms. The topological polar surface area (TPSA) is 64.5 Å². The van der Waals surface area contributed by atoms with Gasteiger partial charge >= 0.3 is 7.12 Å². The second kappa shape index (κ2) is 5.63. The summed E-state index contributed by atoms with van der Waals surface area (Å²) in [5.74, 6) is 0. The lowest BCUT2D eigenvalue weighted by Gasteiger charge is -2.13. The van der Waals surface area contributed by atoms with Crippen LogP contribution >= 0.6 is 0 Å². The molecule has 0 bridgehead atoms. The predicted molar refractivity (Wildman–Crippen MR) is 64.6 cm³/mol. The molecule has 4 nitrogen and oxygen atoms in total. The van der Waals surface area contributed by atoms with Crippen molar-refractivity contribution < 1.29 is 10.0 Å². The molecule has 0 atom stereocenters. The highest BCUT2D eigenvalue weighted by atomic mass is 16.4. The van der Waals surface area contributed by atoms with E-state index in [1.807, 2.05) is 19.9 Å². The lowest BCUT2D eigenvalue weighted by Crippen LogP contribution is -2.30. The Hall–Kier alpha value is -1.20. The van der Waals surface area contributed by atoms with Gasteiger partial charge in [0.1, 0.15) is 0 Å². The molecule has 15 heavy (non-hydrogen) atoms. The first kappa shape index (κ1) is 11.9. The zero-order valence-electron chi connectivity index (χ0n) is 9.12. The average molecular weight is 208 g/mol. The van der Waals surface area contributed by atoms with Crippen LogP contribution in [0.15, 0.2) is 18.2 Å². The quantitative estimate of drug-likeness (QED) is 0.523. The van der Waals surface area contributed by atoms with E-state index in [9.17, 15) is 0 Å². The Labute approximate surface area is 90.5 Å². The van der Waals surface area contributed by atoms with E-state index in [1.54, 1.807) is 12.1 Å². The number of nitrogens with one attached hydrogen (secondary N) is 2. The molecule has 82 valence electrons. The van der Waals surface area contributed by atoms with Crippen LogP contribution in [0.2, 0.25) is 0 Å². The van der Waals surface area contributed by atoms with Crippen LogP contribution in [-0.4, -0.2) is 30.3 Å². The van der Waals surface area contributed by atoms with Crippen LogP contribution in [0.1, 0.15) is 13.8 Å². The van der Waals surface area contributed by atoms with E-state index in [1.165, 1.54) is 0 Å². The molecular weight excluding hydrogens is 191 g/mol. The number of rotatable bonds is 5. The van der Waals surface area contributed by atoms with Gasteiger partial charge in [0.25, 0.3) is 0 Å². The molecule has 0 saturated heterocycles. The van der Waals surface area contributed by atoms with Gasteiger partial charge in [-0.3, -0.25) is 0 Å². The molecule has 0 fully saturated rings. The summed E-state index contributed by atoms with van der Waals surface area (Å²) in [6.07, 6.45) is 0. The van der Waals surface area contributed by atoms with Gasteiger partial charge in [0.15, 0.2) is 0 Å².